The van der Waals surface area contributed by atoms with Gasteiger partial charge in [-0.25, -0.2) is 0 Å². The van der Waals surface area contributed by atoms with Gasteiger partial charge in [0.05, 0.1) is 13.7 Å². The van der Waals surface area contributed by atoms with Crippen LogP contribution in [0.3, 0.4) is 0 Å². The molecule has 3 aromatic carbocycles. The van der Waals surface area contributed by atoms with Crippen LogP contribution in [0.5, 0.6) is 5.75 Å². The van der Waals surface area contributed by atoms with E-state index in [1.54, 1.807) is 66.7 Å². The summed E-state index contributed by atoms with van der Waals surface area (Å²) < 4.78 is 46.6. The summed E-state index contributed by atoms with van der Waals surface area (Å²) in [7, 11) is 1.36. The maximum absolute atomic E-state index is 13.8. The van der Waals surface area contributed by atoms with Crippen molar-refractivity contribution in [3.8, 4) is 5.75 Å². The largest absolute Gasteiger partial charge is 0.496 e. The molecule has 2 atom stereocenters. The topological polar surface area (TPSA) is 72.7 Å². The van der Waals surface area contributed by atoms with Crippen molar-refractivity contribution < 1.29 is 27.6 Å². The van der Waals surface area contributed by atoms with Crippen molar-refractivity contribution in [2.45, 2.75) is 37.6 Å². The molecule has 6 nitrogen and oxygen atoms in total. The predicted molar refractivity (Wildman–Crippen MR) is 124 cm³/mol. The minimum absolute atomic E-state index is 0.0653. The van der Waals surface area contributed by atoms with Crippen molar-refractivity contribution in [1.82, 2.24) is 4.90 Å². The summed E-state index contributed by atoms with van der Waals surface area (Å²) in [5, 5.41) is 12.2. The molecule has 0 saturated carbocycles. The summed E-state index contributed by atoms with van der Waals surface area (Å²) >= 11 is 0. The normalized spacial score (nSPS) is 13.0. The van der Waals surface area contributed by atoms with Gasteiger partial charge in [0.15, 0.2) is 0 Å². The molecule has 0 aliphatic rings. The molecule has 0 N–H and O–H groups in total. The van der Waals surface area contributed by atoms with E-state index in [0.717, 1.165) is 5.56 Å². The molecule has 0 bridgehead atoms. The number of benzene rings is 3. The zero-order valence-electron chi connectivity index (χ0n) is 19.0. The van der Waals surface area contributed by atoms with E-state index in [1.165, 1.54) is 25.3 Å². The number of para-hydroxylation sites is 1. The van der Waals surface area contributed by atoms with E-state index in [-0.39, 0.29) is 24.2 Å². The lowest BCUT2D eigenvalue weighted by Gasteiger charge is -2.34. The lowest BCUT2D eigenvalue weighted by molar-refractivity contribution is -0.532. The summed E-state index contributed by atoms with van der Waals surface area (Å²) in [5.74, 6) is -1.87. The standard InChI is InChI=1S/C26H25F3N2O4/c1-35-23-15-9-8-14-21(23)18-30(25(32)26(27,28)29)24(20-12-6-3-7-13-20)22(31(33)34)17-16-19-10-4-2-5-11-19/h2-15,22,24H,16-18H2,1H3/t22-,24+/m1/s1. The van der Waals surface area contributed by atoms with Crippen LogP contribution in [-0.4, -0.2) is 35.1 Å². The zero-order valence-corrected chi connectivity index (χ0v) is 19.0. The summed E-state index contributed by atoms with van der Waals surface area (Å²) in [6.45, 7) is -0.516. The molecule has 35 heavy (non-hydrogen) atoms. The van der Waals surface area contributed by atoms with Gasteiger partial charge in [-0.3, -0.25) is 14.9 Å². The summed E-state index contributed by atoms with van der Waals surface area (Å²) in [5.41, 5.74) is 1.36. The molecule has 0 aromatic heterocycles. The zero-order chi connectivity index (χ0) is 25.4. The van der Waals surface area contributed by atoms with Gasteiger partial charge in [0, 0.05) is 16.9 Å². The molecule has 0 fully saturated rings. The summed E-state index contributed by atoms with van der Waals surface area (Å²) in [4.78, 5) is 24.9. The average Bonchev–Trinajstić information content (AvgIpc) is 2.85. The van der Waals surface area contributed by atoms with Crippen molar-refractivity contribution in [2.24, 2.45) is 0 Å². The van der Waals surface area contributed by atoms with E-state index >= 15 is 0 Å². The van der Waals surface area contributed by atoms with E-state index in [4.69, 9.17) is 4.74 Å². The van der Waals surface area contributed by atoms with Gasteiger partial charge in [-0.15, -0.1) is 0 Å². The van der Waals surface area contributed by atoms with Gasteiger partial charge in [0.2, 0.25) is 6.04 Å². The number of nitrogens with zero attached hydrogens (tertiary/aromatic N) is 2. The maximum atomic E-state index is 13.8. The van der Waals surface area contributed by atoms with Gasteiger partial charge in [-0.1, -0.05) is 78.9 Å². The van der Waals surface area contributed by atoms with Crippen molar-refractivity contribution in [1.29, 1.82) is 0 Å². The van der Waals surface area contributed by atoms with Crippen LogP contribution in [-0.2, 0) is 17.8 Å². The van der Waals surface area contributed by atoms with Crippen LogP contribution in [0.4, 0.5) is 13.2 Å². The summed E-state index contributed by atoms with van der Waals surface area (Å²) in [6.07, 6.45) is -5.03. The number of nitro groups is 1. The smallest absolute Gasteiger partial charge is 0.471 e. The van der Waals surface area contributed by atoms with Crippen LogP contribution in [0, 0.1) is 10.1 Å². The number of aryl methyl sites for hydroxylation is 1. The molecular formula is C26H25F3N2O4. The van der Waals surface area contributed by atoms with Crippen LogP contribution in [0.1, 0.15) is 29.2 Å². The first kappa shape index (κ1) is 25.7. The molecule has 0 aliphatic heterocycles. The van der Waals surface area contributed by atoms with Gasteiger partial charge in [-0.2, -0.15) is 13.2 Å². The lowest BCUT2D eigenvalue weighted by Crippen LogP contribution is -2.48. The van der Waals surface area contributed by atoms with Crippen LogP contribution >= 0.6 is 0 Å². The second-order valence-corrected chi connectivity index (χ2v) is 7.98. The molecule has 0 spiro atoms. The van der Waals surface area contributed by atoms with Gasteiger partial charge in [0.25, 0.3) is 0 Å². The highest BCUT2D eigenvalue weighted by Gasteiger charge is 2.49. The van der Waals surface area contributed by atoms with Gasteiger partial charge in [0.1, 0.15) is 11.8 Å². The fraction of sp³-hybridized carbons (Fsp3) is 0.269. The number of alkyl halides is 3. The highest BCUT2D eigenvalue weighted by atomic mass is 19.4. The van der Waals surface area contributed by atoms with Crippen LogP contribution in [0.15, 0.2) is 84.9 Å². The number of rotatable bonds is 10. The first-order valence-corrected chi connectivity index (χ1v) is 10.9. The van der Waals surface area contributed by atoms with Crippen LogP contribution in [0.2, 0.25) is 0 Å². The second-order valence-electron chi connectivity index (χ2n) is 7.98. The van der Waals surface area contributed by atoms with Crippen molar-refractivity contribution in [2.75, 3.05) is 7.11 Å². The highest BCUT2D eigenvalue weighted by Crippen LogP contribution is 2.35. The number of carbonyl (C=O) groups excluding carboxylic acids is 1. The molecule has 0 radical (unpaired) electrons. The van der Waals surface area contributed by atoms with Crippen molar-refractivity contribution in [3.05, 3.63) is 112 Å². The van der Waals surface area contributed by atoms with Crippen LogP contribution in [0.25, 0.3) is 0 Å². The molecule has 0 heterocycles. The van der Waals surface area contributed by atoms with Crippen molar-refractivity contribution >= 4 is 5.91 Å². The maximum Gasteiger partial charge on any atom is 0.471 e. The number of amides is 1. The Morgan fingerprint density at radius 3 is 2.11 bits per heavy atom. The Bertz CT molecular complexity index is 1120. The van der Waals surface area contributed by atoms with Gasteiger partial charge in [-0.05, 0) is 23.6 Å². The third-order valence-electron chi connectivity index (χ3n) is 5.72. The van der Waals surface area contributed by atoms with E-state index < -0.39 is 35.6 Å². The Labute approximate surface area is 201 Å². The first-order chi connectivity index (χ1) is 16.7. The van der Waals surface area contributed by atoms with E-state index in [2.05, 4.69) is 0 Å². The average molecular weight is 486 g/mol. The SMILES string of the molecule is COc1ccccc1CN(C(=O)C(F)(F)F)[C@@H](c1ccccc1)[C@@H](CCc1ccccc1)[N+](=O)[O-]. The second kappa shape index (κ2) is 11.5. The van der Waals surface area contributed by atoms with Gasteiger partial charge >= 0.3 is 12.1 Å². The molecule has 0 unspecified atom stereocenters. The van der Waals surface area contributed by atoms with E-state index in [9.17, 15) is 28.1 Å². The Morgan fingerprint density at radius 1 is 0.971 bits per heavy atom. The van der Waals surface area contributed by atoms with Gasteiger partial charge < -0.3 is 9.64 Å². The Kier molecular flexibility index (Phi) is 8.46. The Hall–Kier alpha value is -3.88. The molecule has 3 rings (SSSR count). The minimum atomic E-state index is -5.23. The number of ether oxygens (including phenoxy) is 1. The first-order valence-electron chi connectivity index (χ1n) is 10.9. The number of methoxy groups -OCH3 is 1. The minimum Gasteiger partial charge on any atom is -0.496 e. The number of hydrogen-bond acceptors (Lipinski definition) is 4. The molecule has 1 amide bonds. The highest BCUT2D eigenvalue weighted by molar-refractivity contribution is 5.82. The fourth-order valence-corrected chi connectivity index (χ4v) is 4.07. The molecule has 3 aromatic rings. The molecule has 184 valence electrons. The predicted octanol–water partition coefficient (Wildman–Crippen LogP) is 5.61. The molecule has 9 heteroatoms. The third kappa shape index (κ3) is 6.59. The number of hydrogen-bond donors (Lipinski definition) is 0. The van der Waals surface area contributed by atoms with Crippen LogP contribution < -0.4 is 4.74 Å². The summed E-state index contributed by atoms with van der Waals surface area (Å²) in [6, 6.07) is 20.2. The molecular weight excluding hydrogens is 461 g/mol. The third-order valence-corrected chi connectivity index (χ3v) is 5.72. The van der Waals surface area contributed by atoms with E-state index in [1.807, 2.05) is 0 Å². The Morgan fingerprint density at radius 2 is 1.54 bits per heavy atom. The van der Waals surface area contributed by atoms with Crippen molar-refractivity contribution in [3.63, 3.8) is 0 Å². The fourth-order valence-electron chi connectivity index (χ4n) is 4.07. The molecule has 0 saturated heterocycles. The number of carbonyl (C=O) groups is 1. The lowest BCUT2D eigenvalue weighted by atomic mass is 9.92. The monoisotopic (exact) mass is 486 g/mol. The quantitative estimate of drug-likeness (QED) is 0.276. The Balaban J connectivity index is 2.10. The molecule has 0 aliphatic carbocycles. The number of halogens is 3. The van der Waals surface area contributed by atoms with E-state index in [0.29, 0.717) is 10.5 Å².